The number of hydrogen-bond donors (Lipinski definition) is 2. The lowest BCUT2D eigenvalue weighted by Crippen LogP contribution is -2.02. The molecule has 0 saturated heterocycles. The Hall–Kier alpha value is -2.56. The molecular weight excluding hydrogens is 249 g/mol. The number of aryl methyl sites for hydroxylation is 1. The fourth-order valence-electron chi connectivity index (χ4n) is 1.61. The molecule has 2 aromatic rings. The van der Waals surface area contributed by atoms with Gasteiger partial charge in [0.05, 0.1) is 5.56 Å². The number of hydrogen-bond acceptors (Lipinski definition) is 3. The highest BCUT2D eigenvalue weighted by Gasteiger charge is 2.11. The van der Waals surface area contributed by atoms with Crippen LogP contribution in [0.3, 0.4) is 0 Å². The Morgan fingerprint density at radius 1 is 1.32 bits per heavy atom. The number of aromatic carboxylic acids is 1. The molecule has 0 unspecified atom stereocenters. The van der Waals surface area contributed by atoms with E-state index in [2.05, 4.69) is 0 Å². The quantitative estimate of drug-likeness (QED) is 0.832. The first kappa shape index (κ1) is 12.9. The normalized spacial score (nSPS) is 10.2. The number of ether oxygens (including phenoxy) is 1. The van der Waals surface area contributed by atoms with E-state index in [9.17, 15) is 9.18 Å². The van der Waals surface area contributed by atoms with Gasteiger partial charge in [0.1, 0.15) is 5.75 Å². The van der Waals surface area contributed by atoms with Crippen molar-refractivity contribution < 1.29 is 19.0 Å². The molecule has 0 saturated carbocycles. The van der Waals surface area contributed by atoms with Crippen LogP contribution in [0.25, 0.3) is 0 Å². The summed E-state index contributed by atoms with van der Waals surface area (Å²) in [5, 5.41) is 8.95. The van der Waals surface area contributed by atoms with Crippen molar-refractivity contribution in [2.75, 3.05) is 5.73 Å². The average molecular weight is 261 g/mol. The number of nitrogens with two attached hydrogens (primary N) is 1. The van der Waals surface area contributed by atoms with Crippen molar-refractivity contribution in [3.05, 3.63) is 53.3 Å². The van der Waals surface area contributed by atoms with Gasteiger partial charge in [-0.1, -0.05) is 12.1 Å². The van der Waals surface area contributed by atoms with E-state index in [1.54, 1.807) is 19.1 Å². The number of halogens is 1. The van der Waals surface area contributed by atoms with E-state index in [0.717, 1.165) is 0 Å². The highest BCUT2D eigenvalue weighted by Crippen LogP contribution is 2.28. The van der Waals surface area contributed by atoms with Crippen molar-refractivity contribution in [1.29, 1.82) is 0 Å². The van der Waals surface area contributed by atoms with Crippen molar-refractivity contribution in [2.45, 2.75) is 6.92 Å². The fourth-order valence-corrected chi connectivity index (χ4v) is 1.61. The second-order valence-corrected chi connectivity index (χ2v) is 4.04. The van der Waals surface area contributed by atoms with E-state index in [-0.39, 0.29) is 22.7 Å². The zero-order chi connectivity index (χ0) is 14.0. The number of nitrogen functional groups attached to an aromatic ring is 1. The van der Waals surface area contributed by atoms with Crippen LogP contribution >= 0.6 is 0 Å². The second-order valence-electron chi connectivity index (χ2n) is 4.04. The first-order chi connectivity index (χ1) is 8.99. The van der Waals surface area contributed by atoms with Gasteiger partial charge in [0, 0.05) is 5.69 Å². The Bertz CT molecular complexity index is 641. The molecule has 0 radical (unpaired) electrons. The molecule has 0 heterocycles. The number of anilines is 1. The minimum Gasteiger partial charge on any atom is -0.478 e. The lowest BCUT2D eigenvalue weighted by molar-refractivity contribution is 0.0697. The molecule has 0 spiro atoms. The van der Waals surface area contributed by atoms with E-state index in [0.29, 0.717) is 5.56 Å². The van der Waals surface area contributed by atoms with Crippen LogP contribution in [0.4, 0.5) is 10.1 Å². The van der Waals surface area contributed by atoms with Crippen LogP contribution in [0, 0.1) is 12.7 Å². The molecule has 0 aliphatic heterocycles. The number of carboxylic acids is 1. The lowest BCUT2D eigenvalue weighted by atomic mass is 10.1. The third kappa shape index (κ3) is 2.65. The van der Waals surface area contributed by atoms with Gasteiger partial charge in [-0.05, 0) is 36.8 Å². The molecule has 98 valence electrons. The van der Waals surface area contributed by atoms with Crippen LogP contribution < -0.4 is 10.5 Å². The Kier molecular flexibility index (Phi) is 3.37. The van der Waals surface area contributed by atoms with Gasteiger partial charge < -0.3 is 15.6 Å². The summed E-state index contributed by atoms with van der Waals surface area (Å²) in [6, 6.07) is 8.91. The SMILES string of the molecule is Cc1cccc(Oc2ccc(N)c(C(=O)O)c2)c1F. The van der Waals surface area contributed by atoms with Gasteiger partial charge in [0.15, 0.2) is 11.6 Å². The zero-order valence-electron chi connectivity index (χ0n) is 10.2. The Balaban J connectivity index is 2.36. The Morgan fingerprint density at radius 2 is 2.05 bits per heavy atom. The smallest absolute Gasteiger partial charge is 0.337 e. The molecular formula is C14H12FNO3. The molecule has 5 heteroatoms. The standard InChI is InChI=1S/C14H12FNO3/c1-8-3-2-4-12(13(8)15)19-9-5-6-11(16)10(7-9)14(17)18/h2-7H,16H2,1H3,(H,17,18). The van der Waals surface area contributed by atoms with Crippen LogP contribution in [0.1, 0.15) is 15.9 Å². The third-order valence-electron chi connectivity index (χ3n) is 2.64. The molecule has 3 N–H and O–H groups in total. The lowest BCUT2D eigenvalue weighted by Gasteiger charge is -2.09. The van der Waals surface area contributed by atoms with Crippen LogP contribution in [-0.4, -0.2) is 11.1 Å². The zero-order valence-corrected chi connectivity index (χ0v) is 10.2. The van der Waals surface area contributed by atoms with Gasteiger partial charge in [-0.25, -0.2) is 9.18 Å². The maximum Gasteiger partial charge on any atom is 0.337 e. The topological polar surface area (TPSA) is 72.5 Å². The van der Waals surface area contributed by atoms with Crippen LogP contribution in [0.5, 0.6) is 11.5 Å². The minimum atomic E-state index is -1.16. The van der Waals surface area contributed by atoms with Crippen LogP contribution in [0.2, 0.25) is 0 Å². The summed E-state index contributed by atoms with van der Waals surface area (Å²) in [4.78, 5) is 10.9. The van der Waals surface area contributed by atoms with Gasteiger partial charge in [-0.2, -0.15) is 0 Å². The van der Waals surface area contributed by atoms with E-state index < -0.39 is 11.8 Å². The number of benzene rings is 2. The molecule has 0 aromatic heterocycles. The Morgan fingerprint density at radius 3 is 2.74 bits per heavy atom. The highest BCUT2D eigenvalue weighted by molar-refractivity contribution is 5.94. The van der Waals surface area contributed by atoms with Gasteiger partial charge in [0.25, 0.3) is 0 Å². The largest absolute Gasteiger partial charge is 0.478 e. The number of rotatable bonds is 3. The predicted octanol–water partition coefficient (Wildman–Crippen LogP) is 3.21. The molecule has 19 heavy (non-hydrogen) atoms. The average Bonchev–Trinajstić information content (AvgIpc) is 2.37. The van der Waals surface area contributed by atoms with Crippen molar-refractivity contribution in [3.63, 3.8) is 0 Å². The maximum absolute atomic E-state index is 13.8. The van der Waals surface area contributed by atoms with Gasteiger partial charge in [0.2, 0.25) is 0 Å². The van der Waals surface area contributed by atoms with Crippen LogP contribution in [-0.2, 0) is 0 Å². The molecule has 0 aliphatic carbocycles. The molecule has 2 rings (SSSR count). The van der Waals surface area contributed by atoms with Crippen molar-refractivity contribution in [3.8, 4) is 11.5 Å². The van der Waals surface area contributed by atoms with Gasteiger partial charge in [-0.3, -0.25) is 0 Å². The molecule has 0 bridgehead atoms. The predicted molar refractivity (Wildman–Crippen MR) is 69.0 cm³/mol. The van der Waals surface area contributed by atoms with E-state index >= 15 is 0 Å². The third-order valence-corrected chi connectivity index (χ3v) is 2.64. The van der Waals surface area contributed by atoms with Gasteiger partial charge in [-0.15, -0.1) is 0 Å². The monoisotopic (exact) mass is 261 g/mol. The molecule has 0 fully saturated rings. The number of carbonyl (C=O) groups is 1. The molecule has 2 aromatic carbocycles. The molecule has 0 amide bonds. The summed E-state index contributed by atoms with van der Waals surface area (Å²) in [6.45, 7) is 1.62. The first-order valence-electron chi connectivity index (χ1n) is 5.55. The number of carboxylic acid groups (broad SMARTS) is 1. The van der Waals surface area contributed by atoms with Crippen molar-refractivity contribution in [1.82, 2.24) is 0 Å². The minimum absolute atomic E-state index is 0.0427. The maximum atomic E-state index is 13.8. The second kappa shape index (κ2) is 4.97. The molecule has 4 nitrogen and oxygen atoms in total. The molecule has 0 atom stereocenters. The highest BCUT2D eigenvalue weighted by atomic mass is 19.1. The Labute approximate surface area is 109 Å². The summed E-state index contributed by atoms with van der Waals surface area (Å²) >= 11 is 0. The van der Waals surface area contributed by atoms with E-state index in [1.807, 2.05) is 0 Å². The summed E-state index contributed by atoms with van der Waals surface area (Å²) in [6.07, 6.45) is 0. The summed E-state index contributed by atoms with van der Waals surface area (Å²) in [7, 11) is 0. The van der Waals surface area contributed by atoms with Crippen LogP contribution in [0.15, 0.2) is 36.4 Å². The fraction of sp³-hybridized carbons (Fsp3) is 0.0714. The first-order valence-corrected chi connectivity index (χ1v) is 5.55. The summed E-state index contributed by atoms with van der Waals surface area (Å²) in [5.41, 5.74) is 6.03. The summed E-state index contributed by atoms with van der Waals surface area (Å²) < 4.78 is 19.1. The van der Waals surface area contributed by atoms with Crippen molar-refractivity contribution in [2.24, 2.45) is 0 Å². The van der Waals surface area contributed by atoms with E-state index in [1.165, 1.54) is 24.3 Å². The van der Waals surface area contributed by atoms with E-state index in [4.69, 9.17) is 15.6 Å². The van der Waals surface area contributed by atoms with Gasteiger partial charge >= 0.3 is 5.97 Å². The summed E-state index contributed by atoms with van der Waals surface area (Å²) in [5.74, 6) is -1.37. The molecule has 0 aliphatic rings. The van der Waals surface area contributed by atoms with Crippen molar-refractivity contribution >= 4 is 11.7 Å².